The highest BCUT2D eigenvalue weighted by atomic mass is 16.6. The highest BCUT2D eigenvalue weighted by Crippen LogP contribution is 2.30. The van der Waals surface area contributed by atoms with Gasteiger partial charge in [0, 0.05) is 25.7 Å². The number of ether oxygens (including phenoxy) is 2. The first kappa shape index (κ1) is 17.6. The molecule has 0 saturated carbocycles. The van der Waals surface area contributed by atoms with Crippen LogP contribution in [0.25, 0.3) is 0 Å². The molecule has 1 heterocycles. The number of hydrogen-bond donors (Lipinski definition) is 2. The maximum atomic E-state index is 11.9. The summed E-state index contributed by atoms with van der Waals surface area (Å²) in [5.74, 6) is 0.632. The molecule has 128 valence electrons. The van der Waals surface area contributed by atoms with Gasteiger partial charge in [-0.3, -0.25) is 10.2 Å². The third-order valence-electron chi connectivity index (χ3n) is 3.76. The average Bonchev–Trinajstić information content (AvgIpc) is 2.46. The Morgan fingerprint density at radius 1 is 1.39 bits per heavy atom. The van der Waals surface area contributed by atoms with E-state index in [2.05, 4.69) is 22.6 Å². The molecule has 1 saturated heterocycles. The number of nitrogens with zero attached hydrogens (tertiary/aromatic N) is 1. The van der Waals surface area contributed by atoms with Crippen molar-refractivity contribution in [1.29, 1.82) is 0 Å². The number of anilines is 1. The summed E-state index contributed by atoms with van der Waals surface area (Å²) >= 11 is 0. The Hall–Kier alpha value is -1.79. The topological polar surface area (TPSA) is 62.8 Å². The molecule has 1 fully saturated rings. The van der Waals surface area contributed by atoms with E-state index in [1.54, 1.807) is 7.11 Å². The summed E-state index contributed by atoms with van der Waals surface area (Å²) in [5, 5.41) is 6.15. The molecule has 0 aromatic heterocycles. The van der Waals surface area contributed by atoms with Crippen LogP contribution in [-0.4, -0.2) is 50.4 Å². The molecule has 6 nitrogen and oxygen atoms in total. The van der Waals surface area contributed by atoms with Gasteiger partial charge in [0.2, 0.25) is 0 Å². The first-order valence-corrected chi connectivity index (χ1v) is 7.89. The van der Waals surface area contributed by atoms with Gasteiger partial charge < -0.3 is 14.8 Å². The summed E-state index contributed by atoms with van der Waals surface area (Å²) in [4.78, 5) is 14.2. The summed E-state index contributed by atoms with van der Waals surface area (Å²) in [7, 11) is 3.72. The summed E-state index contributed by atoms with van der Waals surface area (Å²) in [6.07, 6.45) is -0.486. The van der Waals surface area contributed by atoms with Gasteiger partial charge in [0.1, 0.15) is 11.4 Å². The number of piperazine rings is 1. The minimum Gasteiger partial charge on any atom is -0.495 e. The van der Waals surface area contributed by atoms with Crippen molar-refractivity contribution in [2.24, 2.45) is 0 Å². The Kier molecular flexibility index (Phi) is 5.49. The fourth-order valence-electron chi connectivity index (χ4n) is 2.61. The molecule has 1 unspecified atom stereocenters. The molecule has 6 heteroatoms. The number of hydrogen-bond acceptors (Lipinski definition) is 5. The van der Waals surface area contributed by atoms with Crippen molar-refractivity contribution in [3.8, 4) is 5.75 Å². The lowest BCUT2D eigenvalue weighted by Crippen LogP contribution is -2.43. The van der Waals surface area contributed by atoms with Crippen LogP contribution in [0.4, 0.5) is 10.5 Å². The number of methoxy groups -OCH3 is 1. The van der Waals surface area contributed by atoms with E-state index in [0.717, 1.165) is 25.2 Å². The van der Waals surface area contributed by atoms with E-state index in [1.807, 2.05) is 39.0 Å². The van der Waals surface area contributed by atoms with Gasteiger partial charge in [-0.1, -0.05) is 6.07 Å². The summed E-state index contributed by atoms with van der Waals surface area (Å²) in [6.45, 7) is 8.41. The van der Waals surface area contributed by atoms with Crippen molar-refractivity contribution >= 4 is 11.8 Å². The molecule has 0 radical (unpaired) electrons. The molecular formula is C17H27N3O3. The van der Waals surface area contributed by atoms with Gasteiger partial charge in [0.25, 0.3) is 0 Å². The Bertz CT molecular complexity index is 555. The van der Waals surface area contributed by atoms with Crippen LogP contribution in [0.1, 0.15) is 32.4 Å². The van der Waals surface area contributed by atoms with E-state index in [-0.39, 0.29) is 0 Å². The molecule has 1 aromatic carbocycles. The van der Waals surface area contributed by atoms with Gasteiger partial charge in [-0.15, -0.1) is 0 Å². The molecule has 0 spiro atoms. The van der Waals surface area contributed by atoms with Crippen LogP contribution in [0.3, 0.4) is 0 Å². The average molecular weight is 321 g/mol. The highest BCUT2D eigenvalue weighted by Gasteiger charge is 2.22. The van der Waals surface area contributed by atoms with Crippen LogP contribution in [0.5, 0.6) is 5.75 Å². The third kappa shape index (κ3) is 4.84. The molecular weight excluding hydrogens is 294 g/mol. The molecule has 2 N–H and O–H groups in total. The number of amides is 1. The minimum atomic E-state index is -0.534. The Morgan fingerprint density at radius 2 is 2.13 bits per heavy atom. The minimum absolute atomic E-state index is 0.299. The highest BCUT2D eigenvalue weighted by molar-refractivity contribution is 5.87. The zero-order chi connectivity index (χ0) is 17.0. The van der Waals surface area contributed by atoms with Crippen LogP contribution >= 0.6 is 0 Å². The lowest BCUT2D eigenvalue weighted by molar-refractivity contribution is 0.0635. The Morgan fingerprint density at radius 3 is 2.74 bits per heavy atom. The van der Waals surface area contributed by atoms with E-state index >= 15 is 0 Å². The van der Waals surface area contributed by atoms with Gasteiger partial charge in [0.15, 0.2) is 0 Å². The van der Waals surface area contributed by atoms with E-state index in [9.17, 15) is 4.79 Å². The second kappa shape index (κ2) is 7.19. The number of nitrogens with one attached hydrogen (secondary N) is 2. The third-order valence-corrected chi connectivity index (χ3v) is 3.76. The lowest BCUT2D eigenvalue weighted by Gasteiger charge is -2.33. The summed E-state index contributed by atoms with van der Waals surface area (Å²) < 4.78 is 10.7. The molecule has 1 aliphatic rings. The van der Waals surface area contributed by atoms with Gasteiger partial charge in [-0.05, 0) is 45.5 Å². The quantitative estimate of drug-likeness (QED) is 0.896. The van der Waals surface area contributed by atoms with E-state index < -0.39 is 11.7 Å². The monoisotopic (exact) mass is 321 g/mol. The largest absolute Gasteiger partial charge is 0.495 e. The van der Waals surface area contributed by atoms with Gasteiger partial charge >= 0.3 is 6.09 Å². The molecule has 2 rings (SSSR count). The second-order valence-electron chi connectivity index (χ2n) is 6.79. The molecule has 0 aliphatic carbocycles. The molecule has 1 aliphatic heterocycles. The zero-order valence-electron chi connectivity index (χ0n) is 14.6. The van der Waals surface area contributed by atoms with Crippen molar-refractivity contribution < 1.29 is 14.3 Å². The Labute approximate surface area is 138 Å². The summed E-state index contributed by atoms with van der Waals surface area (Å²) in [5.41, 5.74) is 1.23. The van der Waals surface area contributed by atoms with Gasteiger partial charge in [-0.25, -0.2) is 4.79 Å². The molecule has 1 aromatic rings. The van der Waals surface area contributed by atoms with Crippen molar-refractivity contribution in [2.45, 2.75) is 32.4 Å². The number of likely N-dealkylation sites (N-methyl/N-ethyl adjacent to an activating group) is 1. The molecule has 0 bridgehead atoms. The van der Waals surface area contributed by atoms with E-state index in [4.69, 9.17) is 9.47 Å². The fraction of sp³-hybridized carbons (Fsp3) is 0.588. The fourth-order valence-corrected chi connectivity index (χ4v) is 2.61. The van der Waals surface area contributed by atoms with Crippen molar-refractivity contribution in [2.75, 3.05) is 39.1 Å². The number of carbonyl (C=O) groups is 1. The van der Waals surface area contributed by atoms with Crippen LogP contribution in [-0.2, 0) is 4.74 Å². The van der Waals surface area contributed by atoms with Crippen molar-refractivity contribution in [1.82, 2.24) is 10.2 Å². The van der Waals surface area contributed by atoms with Gasteiger partial charge in [0.05, 0.1) is 12.8 Å². The van der Waals surface area contributed by atoms with Crippen molar-refractivity contribution in [3.05, 3.63) is 23.8 Å². The number of rotatable bonds is 3. The first-order chi connectivity index (χ1) is 10.8. The van der Waals surface area contributed by atoms with Crippen LogP contribution in [0.2, 0.25) is 0 Å². The first-order valence-electron chi connectivity index (χ1n) is 7.89. The number of benzene rings is 1. The normalized spacial score (nSPS) is 19.3. The zero-order valence-corrected chi connectivity index (χ0v) is 14.6. The Balaban J connectivity index is 2.14. The van der Waals surface area contributed by atoms with Crippen LogP contribution in [0.15, 0.2) is 18.2 Å². The van der Waals surface area contributed by atoms with Crippen LogP contribution in [0, 0.1) is 0 Å². The number of carbonyl (C=O) groups excluding carboxylic acids is 1. The smallest absolute Gasteiger partial charge is 0.412 e. The molecule has 1 amide bonds. The molecule has 23 heavy (non-hydrogen) atoms. The predicted octanol–water partition coefficient (Wildman–Crippen LogP) is 2.62. The lowest BCUT2D eigenvalue weighted by atomic mass is 10.0. The second-order valence-corrected chi connectivity index (χ2v) is 6.79. The maximum Gasteiger partial charge on any atom is 0.412 e. The van der Waals surface area contributed by atoms with Crippen LogP contribution < -0.4 is 15.4 Å². The standard InChI is InChI=1S/C17H27N3O3/c1-17(2,3)23-16(21)19-13-7-6-12(10-15(13)22-5)14-11-18-8-9-20(14)4/h6-7,10,14,18H,8-9,11H2,1-5H3,(H,19,21). The molecule has 1 atom stereocenters. The van der Waals surface area contributed by atoms with Gasteiger partial charge in [-0.2, -0.15) is 0 Å². The maximum absolute atomic E-state index is 11.9. The SMILES string of the molecule is COc1cc(C2CNCCN2C)ccc1NC(=O)OC(C)(C)C. The van der Waals surface area contributed by atoms with E-state index in [1.165, 1.54) is 0 Å². The predicted molar refractivity (Wildman–Crippen MR) is 91.1 cm³/mol. The summed E-state index contributed by atoms with van der Waals surface area (Å²) in [6, 6.07) is 6.15. The van der Waals surface area contributed by atoms with Crippen molar-refractivity contribution in [3.63, 3.8) is 0 Å². The van der Waals surface area contributed by atoms with E-state index in [0.29, 0.717) is 17.5 Å².